The smallest absolute Gasteiger partial charge is 0.329 e. The summed E-state index contributed by atoms with van der Waals surface area (Å²) in [6, 6.07) is 12.2. The molecule has 0 radical (unpaired) electrons. The number of anilines is 2. The van der Waals surface area contributed by atoms with Crippen LogP contribution >= 0.6 is 47.8 Å². The summed E-state index contributed by atoms with van der Waals surface area (Å²) >= 11 is 10.7. The molecule has 236 valence electrons. The normalized spacial score (nSPS) is 13.2. The molecule has 0 saturated heterocycles. The fraction of sp³-hybridized carbons (Fsp3) is 0.467. The standard InChI is InChI=1S/C30H39Br3N4O6/c1-5-21(30(31,32)33)16-23(6-2)43-26(38)18-34-28(40)36-24-17-22(14-13-19(24)4)35-29(41)37-25(27(39)42-7-3)15-20-11-9-8-10-12-20/h8-14,17,21,23,25H,5-7,15-16,18H2,1-4H3,(H2,34,36,40)(H2,35,37,41)/t21?,23?,25-/m0/s1. The number of rotatable bonds is 14. The lowest BCUT2D eigenvalue weighted by atomic mass is 9.99. The van der Waals surface area contributed by atoms with Gasteiger partial charge in [0.1, 0.15) is 20.8 Å². The van der Waals surface area contributed by atoms with E-state index in [0.29, 0.717) is 24.2 Å². The van der Waals surface area contributed by atoms with Crippen molar-refractivity contribution in [1.29, 1.82) is 0 Å². The zero-order chi connectivity index (χ0) is 32.0. The van der Waals surface area contributed by atoms with Gasteiger partial charge in [0, 0.05) is 17.8 Å². The van der Waals surface area contributed by atoms with E-state index in [1.165, 1.54) is 0 Å². The van der Waals surface area contributed by atoms with Crippen molar-refractivity contribution in [3.8, 4) is 0 Å². The van der Waals surface area contributed by atoms with Gasteiger partial charge in [0.2, 0.25) is 0 Å². The van der Waals surface area contributed by atoms with Gasteiger partial charge in [-0.1, -0.05) is 104 Å². The minimum atomic E-state index is -0.892. The van der Waals surface area contributed by atoms with Gasteiger partial charge in [-0.15, -0.1) is 0 Å². The number of amides is 4. The molecule has 0 aliphatic heterocycles. The number of carbonyl (C=O) groups is 4. The summed E-state index contributed by atoms with van der Waals surface area (Å²) in [6.07, 6.45) is 2.08. The number of halogens is 3. The highest BCUT2D eigenvalue weighted by molar-refractivity contribution is 9.39. The molecule has 0 fully saturated rings. The topological polar surface area (TPSA) is 135 Å². The van der Waals surface area contributed by atoms with Gasteiger partial charge in [0.05, 0.1) is 6.61 Å². The number of alkyl halides is 3. The molecule has 10 nitrogen and oxygen atoms in total. The Bertz CT molecular complexity index is 1230. The summed E-state index contributed by atoms with van der Waals surface area (Å²) in [4.78, 5) is 50.3. The molecule has 0 aliphatic rings. The van der Waals surface area contributed by atoms with Crippen LogP contribution in [-0.4, -0.2) is 51.4 Å². The van der Waals surface area contributed by atoms with Gasteiger partial charge in [-0.05, 0) is 55.9 Å². The van der Waals surface area contributed by atoms with Crippen LogP contribution in [0.5, 0.6) is 0 Å². The number of benzene rings is 2. The molecule has 0 bridgehead atoms. The van der Waals surface area contributed by atoms with Crippen LogP contribution in [0.3, 0.4) is 0 Å². The van der Waals surface area contributed by atoms with Gasteiger partial charge in [-0.3, -0.25) is 4.79 Å². The predicted octanol–water partition coefficient (Wildman–Crippen LogP) is 6.99. The molecule has 4 N–H and O–H groups in total. The molecule has 2 aromatic carbocycles. The third-order valence-electron chi connectivity index (χ3n) is 6.55. The molecule has 0 heterocycles. The molecule has 0 aliphatic carbocycles. The number of urea groups is 2. The van der Waals surface area contributed by atoms with E-state index in [1.54, 1.807) is 32.0 Å². The second-order valence-corrected chi connectivity index (χ2v) is 16.8. The molecule has 4 amide bonds. The van der Waals surface area contributed by atoms with Crippen LogP contribution < -0.4 is 21.3 Å². The minimum Gasteiger partial charge on any atom is -0.464 e. The molecule has 13 heteroatoms. The van der Waals surface area contributed by atoms with Gasteiger partial charge in [0.15, 0.2) is 0 Å². The third kappa shape index (κ3) is 13.3. The van der Waals surface area contributed by atoms with E-state index in [2.05, 4.69) is 76.0 Å². The molecule has 43 heavy (non-hydrogen) atoms. The van der Waals surface area contributed by atoms with Crippen molar-refractivity contribution >= 4 is 83.2 Å². The first-order valence-corrected chi connectivity index (χ1v) is 16.4. The van der Waals surface area contributed by atoms with Crippen LogP contribution in [0.1, 0.15) is 51.2 Å². The lowest BCUT2D eigenvalue weighted by Crippen LogP contribution is -2.45. The van der Waals surface area contributed by atoms with Gasteiger partial charge in [0.25, 0.3) is 0 Å². The van der Waals surface area contributed by atoms with Gasteiger partial charge in [-0.25, -0.2) is 14.4 Å². The zero-order valence-corrected chi connectivity index (χ0v) is 29.4. The van der Waals surface area contributed by atoms with Crippen molar-refractivity contribution in [3.05, 3.63) is 59.7 Å². The highest BCUT2D eigenvalue weighted by Gasteiger charge is 2.32. The van der Waals surface area contributed by atoms with Gasteiger partial charge in [-0.2, -0.15) is 0 Å². The van der Waals surface area contributed by atoms with E-state index in [4.69, 9.17) is 9.47 Å². The van der Waals surface area contributed by atoms with Crippen LogP contribution in [0.15, 0.2) is 48.5 Å². The van der Waals surface area contributed by atoms with Crippen molar-refractivity contribution in [2.24, 2.45) is 5.92 Å². The minimum absolute atomic E-state index is 0.160. The van der Waals surface area contributed by atoms with Crippen LogP contribution in [0.4, 0.5) is 21.0 Å². The van der Waals surface area contributed by atoms with E-state index >= 15 is 0 Å². The molecule has 0 aromatic heterocycles. The summed E-state index contributed by atoms with van der Waals surface area (Å²) in [7, 11) is 0. The lowest BCUT2D eigenvalue weighted by molar-refractivity contribution is -0.148. The maximum atomic E-state index is 12.8. The summed E-state index contributed by atoms with van der Waals surface area (Å²) in [5.41, 5.74) is 2.41. The second-order valence-electron chi connectivity index (χ2n) is 9.83. The number of ether oxygens (including phenoxy) is 2. The van der Waals surface area contributed by atoms with Gasteiger partial charge >= 0.3 is 24.0 Å². The molecule has 0 saturated carbocycles. The molecule has 3 atom stereocenters. The zero-order valence-electron chi connectivity index (χ0n) is 24.7. The Morgan fingerprint density at radius 2 is 1.60 bits per heavy atom. The fourth-order valence-corrected chi connectivity index (χ4v) is 5.67. The largest absolute Gasteiger partial charge is 0.464 e. The molecular formula is C30H39Br3N4O6. The number of esters is 2. The van der Waals surface area contributed by atoms with Crippen LogP contribution in [0, 0.1) is 12.8 Å². The summed E-state index contributed by atoms with van der Waals surface area (Å²) < 4.78 is 10.3. The Morgan fingerprint density at radius 1 is 0.907 bits per heavy atom. The summed E-state index contributed by atoms with van der Waals surface area (Å²) in [5, 5.41) is 10.6. The maximum absolute atomic E-state index is 12.8. The summed E-state index contributed by atoms with van der Waals surface area (Å²) in [6.45, 7) is 7.35. The number of hydrogen-bond donors (Lipinski definition) is 4. The van der Waals surface area contributed by atoms with Crippen molar-refractivity contribution < 1.29 is 28.7 Å². The monoisotopic (exact) mass is 788 g/mol. The Balaban J connectivity index is 1.94. The SMILES string of the molecule is CCOC(=O)[C@H](Cc1ccccc1)NC(=O)Nc1ccc(C)c(NC(=O)NCC(=O)OC(CC)CC(CC)C(Br)(Br)Br)c1. The Labute approximate surface area is 278 Å². The quantitative estimate of drug-likeness (QED) is 0.121. The van der Waals surface area contributed by atoms with Crippen molar-refractivity contribution in [2.75, 3.05) is 23.8 Å². The average molecular weight is 791 g/mol. The third-order valence-corrected chi connectivity index (χ3v) is 8.50. The Morgan fingerprint density at radius 3 is 2.21 bits per heavy atom. The van der Waals surface area contributed by atoms with E-state index in [-0.39, 0.29) is 31.6 Å². The first kappa shape index (κ1) is 36.6. The summed E-state index contributed by atoms with van der Waals surface area (Å²) in [5.74, 6) is -0.926. The predicted molar refractivity (Wildman–Crippen MR) is 179 cm³/mol. The van der Waals surface area contributed by atoms with Crippen molar-refractivity contribution in [3.63, 3.8) is 0 Å². The van der Waals surface area contributed by atoms with Crippen molar-refractivity contribution in [1.82, 2.24) is 10.6 Å². The van der Waals surface area contributed by atoms with E-state index in [0.717, 1.165) is 17.5 Å². The number of aryl methyl sites for hydroxylation is 1. The highest BCUT2D eigenvalue weighted by Crippen LogP contribution is 2.45. The first-order chi connectivity index (χ1) is 20.4. The fourth-order valence-electron chi connectivity index (χ4n) is 4.14. The number of carbonyl (C=O) groups excluding carboxylic acids is 4. The van der Waals surface area contributed by atoms with Gasteiger partial charge < -0.3 is 30.7 Å². The Hall–Kier alpha value is -2.64. The first-order valence-electron chi connectivity index (χ1n) is 14.1. The number of nitrogens with one attached hydrogen (secondary N) is 4. The van der Waals surface area contributed by atoms with Crippen molar-refractivity contribution in [2.45, 2.75) is 67.7 Å². The lowest BCUT2D eigenvalue weighted by Gasteiger charge is -2.28. The average Bonchev–Trinajstić information content (AvgIpc) is 2.95. The van der Waals surface area contributed by atoms with Crippen LogP contribution in [0.2, 0.25) is 0 Å². The Kier molecular flexibility index (Phi) is 15.5. The molecule has 2 rings (SSSR count). The second kappa shape index (κ2) is 18.2. The highest BCUT2D eigenvalue weighted by atomic mass is 80.0. The van der Waals surface area contributed by atoms with Crippen LogP contribution in [0.25, 0.3) is 0 Å². The molecular weight excluding hydrogens is 752 g/mol. The maximum Gasteiger partial charge on any atom is 0.329 e. The van der Waals surface area contributed by atoms with E-state index in [9.17, 15) is 19.2 Å². The molecule has 2 aromatic rings. The molecule has 2 unspecified atom stereocenters. The van der Waals surface area contributed by atoms with E-state index in [1.807, 2.05) is 37.3 Å². The van der Waals surface area contributed by atoms with Crippen LogP contribution in [-0.2, 0) is 25.5 Å². The number of hydrogen-bond acceptors (Lipinski definition) is 6. The molecule has 0 spiro atoms. The van der Waals surface area contributed by atoms with E-state index < -0.39 is 32.2 Å².